The molecule has 1 amide bonds. The third kappa shape index (κ3) is 4.28. The molecule has 130 valence electrons. The lowest BCUT2D eigenvalue weighted by molar-refractivity contribution is -0.126. The zero-order chi connectivity index (χ0) is 17.1. The topological polar surface area (TPSA) is 49.3 Å². The van der Waals surface area contributed by atoms with Crippen molar-refractivity contribution in [2.75, 3.05) is 0 Å². The van der Waals surface area contributed by atoms with Gasteiger partial charge in [-0.3, -0.25) is 4.79 Å². The van der Waals surface area contributed by atoms with Crippen LogP contribution in [-0.2, 0) is 4.79 Å². The first-order chi connectivity index (χ1) is 11.5. The van der Waals surface area contributed by atoms with Crippen LogP contribution in [0.25, 0.3) is 5.57 Å². The Morgan fingerprint density at radius 3 is 2.58 bits per heavy atom. The second kappa shape index (κ2) is 7.83. The summed E-state index contributed by atoms with van der Waals surface area (Å²) in [7, 11) is 0. The Kier molecular flexibility index (Phi) is 5.77. The summed E-state index contributed by atoms with van der Waals surface area (Å²) >= 11 is 3.54. The van der Waals surface area contributed by atoms with Crippen LogP contribution in [0.4, 0.5) is 0 Å². The minimum absolute atomic E-state index is 0.0946. The Balaban J connectivity index is 1.56. The fraction of sp³-hybridized carbons (Fsp3) is 0.550. The van der Waals surface area contributed by atoms with E-state index in [1.54, 1.807) is 0 Å². The Labute approximate surface area is 152 Å². The number of hydrogen-bond acceptors (Lipinski definition) is 2. The van der Waals surface area contributed by atoms with Gasteiger partial charge in [0.15, 0.2) is 0 Å². The highest BCUT2D eigenvalue weighted by atomic mass is 79.9. The smallest absolute Gasteiger partial charge is 0.223 e. The van der Waals surface area contributed by atoms with Crippen LogP contribution in [0.2, 0.25) is 0 Å². The monoisotopic (exact) mass is 391 g/mol. The van der Waals surface area contributed by atoms with Gasteiger partial charge in [-0.15, -0.1) is 0 Å². The Morgan fingerprint density at radius 2 is 1.96 bits per heavy atom. The summed E-state index contributed by atoms with van der Waals surface area (Å²) in [6.45, 7) is 2.11. The van der Waals surface area contributed by atoms with Gasteiger partial charge in [0.05, 0.1) is 6.10 Å². The van der Waals surface area contributed by atoms with E-state index in [2.05, 4.69) is 52.4 Å². The predicted molar refractivity (Wildman–Crippen MR) is 101 cm³/mol. The molecule has 1 aromatic rings. The van der Waals surface area contributed by atoms with Crippen LogP contribution in [-0.4, -0.2) is 23.2 Å². The summed E-state index contributed by atoms with van der Waals surface area (Å²) in [5.41, 5.74) is 3.87. The number of carbonyl (C=O) groups is 1. The molecule has 0 aromatic heterocycles. The first kappa shape index (κ1) is 17.7. The van der Waals surface area contributed by atoms with E-state index in [4.69, 9.17) is 0 Å². The quantitative estimate of drug-likeness (QED) is 0.803. The van der Waals surface area contributed by atoms with Crippen molar-refractivity contribution in [2.24, 2.45) is 5.92 Å². The minimum Gasteiger partial charge on any atom is -0.393 e. The number of amides is 1. The van der Waals surface area contributed by atoms with Gasteiger partial charge in [-0.05, 0) is 74.6 Å². The van der Waals surface area contributed by atoms with Crippen molar-refractivity contribution >= 4 is 27.4 Å². The number of aliphatic hydroxyl groups excluding tert-OH is 1. The number of allylic oxidation sites excluding steroid dienone is 2. The lowest BCUT2D eigenvalue weighted by Crippen LogP contribution is -2.41. The zero-order valence-corrected chi connectivity index (χ0v) is 15.8. The van der Waals surface area contributed by atoms with E-state index in [0.29, 0.717) is 0 Å². The summed E-state index contributed by atoms with van der Waals surface area (Å²) in [6.07, 6.45) is 8.19. The molecule has 2 aliphatic rings. The van der Waals surface area contributed by atoms with Gasteiger partial charge in [-0.25, -0.2) is 0 Å². The Morgan fingerprint density at radius 1 is 1.21 bits per heavy atom. The van der Waals surface area contributed by atoms with E-state index in [-0.39, 0.29) is 24.0 Å². The summed E-state index contributed by atoms with van der Waals surface area (Å²) in [4.78, 5) is 12.5. The second-order valence-electron chi connectivity index (χ2n) is 7.18. The fourth-order valence-corrected chi connectivity index (χ4v) is 3.96. The van der Waals surface area contributed by atoms with E-state index in [0.717, 1.165) is 49.4 Å². The molecule has 2 aliphatic carbocycles. The van der Waals surface area contributed by atoms with E-state index >= 15 is 0 Å². The maximum Gasteiger partial charge on any atom is 0.223 e. The molecule has 1 fully saturated rings. The van der Waals surface area contributed by atoms with Crippen LogP contribution >= 0.6 is 15.9 Å². The number of rotatable bonds is 3. The summed E-state index contributed by atoms with van der Waals surface area (Å²) in [5, 5.41) is 12.8. The molecule has 0 saturated heterocycles. The highest BCUT2D eigenvalue weighted by molar-refractivity contribution is 9.10. The molecule has 0 radical (unpaired) electrons. The van der Waals surface area contributed by atoms with Gasteiger partial charge in [-0.2, -0.15) is 0 Å². The van der Waals surface area contributed by atoms with Crippen LogP contribution < -0.4 is 5.32 Å². The van der Waals surface area contributed by atoms with Crippen LogP contribution in [0.3, 0.4) is 0 Å². The average molecular weight is 392 g/mol. The highest BCUT2D eigenvalue weighted by Crippen LogP contribution is 2.32. The van der Waals surface area contributed by atoms with Gasteiger partial charge in [0, 0.05) is 16.4 Å². The fourth-order valence-electron chi connectivity index (χ4n) is 3.72. The van der Waals surface area contributed by atoms with Crippen molar-refractivity contribution in [1.82, 2.24) is 5.32 Å². The predicted octanol–water partition coefficient (Wildman–Crippen LogP) is 4.36. The molecular formula is C20H26BrNO2. The van der Waals surface area contributed by atoms with E-state index in [9.17, 15) is 9.90 Å². The largest absolute Gasteiger partial charge is 0.393 e. The number of carbonyl (C=O) groups excluding carboxylic acids is 1. The number of benzene rings is 1. The summed E-state index contributed by atoms with van der Waals surface area (Å²) < 4.78 is 1.14. The van der Waals surface area contributed by atoms with Gasteiger partial charge in [0.2, 0.25) is 5.91 Å². The molecule has 4 heteroatoms. The van der Waals surface area contributed by atoms with Crippen molar-refractivity contribution in [1.29, 1.82) is 0 Å². The van der Waals surface area contributed by atoms with Crippen molar-refractivity contribution in [2.45, 2.75) is 64.0 Å². The van der Waals surface area contributed by atoms with Crippen molar-refractivity contribution in [3.63, 3.8) is 0 Å². The molecule has 0 spiro atoms. The lowest BCUT2D eigenvalue weighted by atomic mass is 9.85. The molecular weight excluding hydrogens is 366 g/mol. The normalized spacial score (nSPS) is 27.5. The van der Waals surface area contributed by atoms with Crippen molar-refractivity contribution in [3.05, 3.63) is 39.9 Å². The van der Waals surface area contributed by atoms with E-state index in [1.807, 2.05) is 0 Å². The van der Waals surface area contributed by atoms with Crippen LogP contribution in [0, 0.1) is 12.8 Å². The first-order valence-corrected chi connectivity index (χ1v) is 9.76. The SMILES string of the molecule is Cc1cc(C2=CCC(C(=O)N[C@H]3CC[C@@H](O)CC3)CC2)ccc1Br. The molecule has 1 unspecified atom stereocenters. The number of aryl methyl sites for hydroxylation is 1. The molecule has 24 heavy (non-hydrogen) atoms. The molecule has 2 N–H and O–H groups in total. The molecule has 3 rings (SSSR count). The lowest BCUT2D eigenvalue weighted by Gasteiger charge is -2.29. The molecule has 1 aromatic carbocycles. The van der Waals surface area contributed by atoms with Gasteiger partial charge < -0.3 is 10.4 Å². The van der Waals surface area contributed by atoms with Crippen molar-refractivity contribution < 1.29 is 9.90 Å². The number of aliphatic hydroxyl groups is 1. The average Bonchev–Trinajstić information content (AvgIpc) is 2.59. The Hall–Kier alpha value is -1.13. The number of hydrogen-bond donors (Lipinski definition) is 2. The molecule has 1 saturated carbocycles. The maximum absolute atomic E-state index is 12.5. The van der Waals surface area contributed by atoms with Crippen LogP contribution in [0.1, 0.15) is 56.1 Å². The number of nitrogens with one attached hydrogen (secondary N) is 1. The van der Waals surface area contributed by atoms with E-state index < -0.39 is 0 Å². The third-order valence-electron chi connectivity index (χ3n) is 5.35. The van der Waals surface area contributed by atoms with Gasteiger partial charge in [-0.1, -0.05) is 34.1 Å². The first-order valence-electron chi connectivity index (χ1n) is 8.97. The third-order valence-corrected chi connectivity index (χ3v) is 6.24. The molecule has 0 heterocycles. The van der Waals surface area contributed by atoms with Crippen molar-refractivity contribution in [3.8, 4) is 0 Å². The standard InChI is InChI=1S/C20H26BrNO2/c1-13-12-16(6-11-19(13)21)14-2-4-15(5-3-14)20(24)22-17-7-9-18(23)10-8-17/h2,6,11-12,15,17-18,23H,3-5,7-10H2,1H3,(H,22,24)/t15?,17-,18+. The van der Waals surface area contributed by atoms with E-state index in [1.165, 1.54) is 16.7 Å². The van der Waals surface area contributed by atoms with Gasteiger partial charge >= 0.3 is 0 Å². The minimum atomic E-state index is -0.173. The number of halogens is 1. The molecule has 3 nitrogen and oxygen atoms in total. The van der Waals surface area contributed by atoms with Gasteiger partial charge in [0.1, 0.15) is 0 Å². The van der Waals surface area contributed by atoms with Gasteiger partial charge in [0.25, 0.3) is 0 Å². The zero-order valence-electron chi connectivity index (χ0n) is 14.2. The summed E-state index contributed by atoms with van der Waals surface area (Å²) in [6, 6.07) is 6.71. The Bertz CT molecular complexity index is 633. The molecule has 1 atom stereocenters. The van der Waals surface area contributed by atoms with Crippen LogP contribution in [0.15, 0.2) is 28.7 Å². The highest BCUT2D eigenvalue weighted by Gasteiger charge is 2.26. The molecule has 0 bridgehead atoms. The molecule has 0 aliphatic heterocycles. The maximum atomic E-state index is 12.5. The summed E-state index contributed by atoms with van der Waals surface area (Å²) in [5.74, 6) is 0.288. The second-order valence-corrected chi connectivity index (χ2v) is 8.03. The van der Waals surface area contributed by atoms with Crippen LogP contribution in [0.5, 0.6) is 0 Å².